The van der Waals surface area contributed by atoms with Crippen LogP contribution in [0.3, 0.4) is 0 Å². The number of imide groups is 2. The van der Waals surface area contributed by atoms with Crippen molar-refractivity contribution >= 4 is 29.4 Å². The molecule has 0 spiro atoms. The second-order valence-electron chi connectivity index (χ2n) is 6.69. The van der Waals surface area contributed by atoms with Gasteiger partial charge in [-0.1, -0.05) is 42.5 Å². The number of likely N-dealkylation sites (N-methyl/N-ethyl adjacent to an activating group) is 1. The molecule has 8 heteroatoms. The van der Waals surface area contributed by atoms with Crippen molar-refractivity contribution < 1.29 is 23.9 Å². The standard InChI is InChI=1S/C21H19N3O5/c1-2-22-19(26)20(27)23(21(22)28)12-18(25)24-15-10-6-7-11-17(15)29-13-16(24)14-8-4-3-5-9-14/h3-11,16H,2,12-13H2,1H3/t16-/m0/s1. The van der Waals surface area contributed by atoms with Crippen molar-refractivity contribution in [3.8, 4) is 5.75 Å². The Kier molecular flexibility index (Phi) is 4.75. The maximum absolute atomic E-state index is 13.3. The molecule has 2 aliphatic rings. The van der Waals surface area contributed by atoms with Gasteiger partial charge in [-0.3, -0.25) is 24.2 Å². The zero-order chi connectivity index (χ0) is 20.5. The summed E-state index contributed by atoms with van der Waals surface area (Å²) in [7, 11) is 0. The first-order valence-electron chi connectivity index (χ1n) is 9.29. The maximum Gasteiger partial charge on any atom is 0.334 e. The number of carbonyl (C=O) groups excluding carboxylic acids is 4. The molecule has 0 bridgehead atoms. The average Bonchev–Trinajstić information content (AvgIpc) is 2.96. The lowest BCUT2D eigenvalue weighted by atomic mass is 10.0. The number of hydrogen-bond donors (Lipinski definition) is 0. The lowest BCUT2D eigenvalue weighted by molar-refractivity contribution is -0.143. The van der Waals surface area contributed by atoms with Crippen LogP contribution >= 0.6 is 0 Å². The first kappa shape index (κ1) is 18.7. The number of amides is 5. The monoisotopic (exact) mass is 393 g/mol. The predicted molar refractivity (Wildman–Crippen MR) is 103 cm³/mol. The van der Waals surface area contributed by atoms with E-state index in [2.05, 4.69) is 0 Å². The molecular formula is C21H19N3O5. The number of hydrogen-bond acceptors (Lipinski definition) is 5. The van der Waals surface area contributed by atoms with E-state index in [-0.39, 0.29) is 13.2 Å². The normalized spacial score (nSPS) is 18.7. The highest BCUT2D eigenvalue weighted by Gasteiger charge is 2.45. The number of fused-ring (bicyclic) bond motifs is 1. The zero-order valence-electron chi connectivity index (χ0n) is 15.8. The van der Waals surface area contributed by atoms with E-state index in [1.54, 1.807) is 31.2 Å². The van der Waals surface area contributed by atoms with Crippen molar-refractivity contribution in [1.82, 2.24) is 9.80 Å². The molecule has 2 aromatic carbocycles. The molecule has 4 rings (SSSR count). The Morgan fingerprint density at radius 3 is 2.31 bits per heavy atom. The van der Waals surface area contributed by atoms with Crippen LogP contribution in [0.4, 0.5) is 10.5 Å². The van der Waals surface area contributed by atoms with Crippen LogP contribution in [-0.4, -0.2) is 53.2 Å². The lowest BCUT2D eigenvalue weighted by Gasteiger charge is -2.37. The van der Waals surface area contributed by atoms with Crippen molar-refractivity contribution in [3.05, 3.63) is 60.2 Å². The fourth-order valence-electron chi connectivity index (χ4n) is 3.60. The number of carbonyl (C=O) groups is 4. The molecule has 1 atom stereocenters. The molecule has 5 amide bonds. The van der Waals surface area contributed by atoms with E-state index in [4.69, 9.17) is 4.74 Å². The predicted octanol–water partition coefficient (Wildman–Crippen LogP) is 1.96. The molecule has 29 heavy (non-hydrogen) atoms. The minimum atomic E-state index is -0.983. The third-order valence-corrected chi connectivity index (χ3v) is 5.03. The maximum atomic E-state index is 13.3. The number of benzene rings is 2. The third-order valence-electron chi connectivity index (χ3n) is 5.03. The zero-order valence-corrected chi connectivity index (χ0v) is 15.8. The molecule has 2 heterocycles. The van der Waals surface area contributed by atoms with Gasteiger partial charge in [-0.15, -0.1) is 0 Å². The summed E-state index contributed by atoms with van der Waals surface area (Å²) in [4.78, 5) is 52.9. The average molecular weight is 393 g/mol. The molecule has 0 unspecified atom stereocenters. The Morgan fingerprint density at radius 1 is 0.966 bits per heavy atom. The second kappa shape index (κ2) is 7.38. The summed E-state index contributed by atoms with van der Waals surface area (Å²) in [5.41, 5.74) is 1.41. The smallest absolute Gasteiger partial charge is 0.334 e. The van der Waals surface area contributed by atoms with E-state index >= 15 is 0 Å². The van der Waals surface area contributed by atoms with Gasteiger partial charge < -0.3 is 4.74 Å². The quantitative estimate of drug-likeness (QED) is 0.585. The van der Waals surface area contributed by atoms with E-state index < -0.39 is 36.3 Å². The molecular weight excluding hydrogens is 374 g/mol. The van der Waals surface area contributed by atoms with Crippen molar-refractivity contribution in [1.29, 1.82) is 0 Å². The molecule has 1 saturated heterocycles. The van der Waals surface area contributed by atoms with Gasteiger partial charge in [0, 0.05) is 6.54 Å². The highest BCUT2D eigenvalue weighted by molar-refractivity contribution is 6.45. The summed E-state index contributed by atoms with van der Waals surface area (Å²) in [5.74, 6) is -1.82. The van der Waals surface area contributed by atoms with Gasteiger partial charge in [-0.2, -0.15) is 0 Å². The summed E-state index contributed by atoms with van der Waals surface area (Å²) in [6.07, 6.45) is 0. The van der Waals surface area contributed by atoms with Crippen molar-refractivity contribution in [2.45, 2.75) is 13.0 Å². The van der Waals surface area contributed by atoms with Crippen LogP contribution in [0.15, 0.2) is 54.6 Å². The third kappa shape index (κ3) is 3.12. The number of para-hydroxylation sites is 2. The summed E-state index contributed by atoms with van der Waals surface area (Å²) in [6.45, 7) is 1.38. The van der Waals surface area contributed by atoms with Crippen LogP contribution in [0.2, 0.25) is 0 Å². The van der Waals surface area contributed by atoms with Crippen LogP contribution in [0.25, 0.3) is 0 Å². The number of ether oxygens (including phenoxy) is 1. The van der Waals surface area contributed by atoms with Crippen molar-refractivity contribution in [2.75, 3.05) is 24.6 Å². The Balaban J connectivity index is 1.68. The van der Waals surface area contributed by atoms with E-state index in [1.165, 1.54) is 4.90 Å². The summed E-state index contributed by atoms with van der Waals surface area (Å²) in [5, 5.41) is 0. The molecule has 0 aliphatic carbocycles. The van der Waals surface area contributed by atoms with Crippen LogP contribution in [0.5, 0.6) is 5.75 Å². The molecule has 8 nitrogen and oxygen atoms in total. The fourth-order valence-corrected chi connectivity index (χ4v) is 3.60. The largest absolute Gasteiger partial charge is 0.489 e. The molecule has 0 radical (unpaired) electrons. The van der Waals surface area contributed by atoms with Crippen LogP contribution in [0.1, 0.15) is 18.5 Å². The van der Waals surface area contributed by atoms with Gasteiger partial charge in [-0.05, 0) is 24.6 Å². The summed E-state index contributed by atoms with van der Waals surface area (Å²) >= 11 is 0. The number of urea groups is 1. The first-order valence-corrected chi connectivity index (χ1v) is 9.29. The molecule has 0 saturated carbocycles. The summed E-state index contributed by atoms with van der Waals surface area (Å²) in [6, 6.07) is 15.3. The SMILES string of the molecule is CCN1C(=O)C(=O)N(CC(=O)N2c3ccccc3OC[C@H]2c2ccccc2)C1=O. The van der Waals surface area contributed by atoms with E-state index in [1.807, 2.05) is 30.3 Å². The second-order valence-corrected chi connectivity index (χ2v) is 6.69. The molecule has 148 valence electrons. The van der Waals surface area contributed by atoms with Gasteiger partial charge in [-0.25, -0.2) is 9.69 Å². The minimum absolute atomic E-state index is 0.0706. The molecule has 2 aliphatic heterocycles. The summed E-state index contributed by atoms with van der Waals surface area (Å²) < 4.78 is 5.83. The van der Waals surface area contributed by atoms with E-state index in [0.29, 0.717) is 16.3 Å². The van der Waals surface area contributed by atoms with Gasteiger partial charge in [0.25, 0.3) is 0 Å². The van der Waals surface area contributed by atoms with Gasteiger partial charge >= 0.3 is 17.8 Å². The fraction of sp³-hybridized carbons (Fsp3) is 0.238. The van der Waals surface area contributed by atoms with Crippen molar-refractivity contribution in [2.24, 2.45) is 0 Å². The lowest BCUT2D eigenvalue weighted by Crippen LogP contribution is -2.47. The van der Waals surface area contributed by atoms with Crippen LogP contribution in [-0.2, 0) is 14.4 Å². The van der Waals surface area contributed by atoms with Gasteiger partial charge in [0.15, 0.2) is 0 Å². The van der Waals surface area contributed by atoms with E-state index in [9.17, 15) is 19.2 Å². The van der Waals surface area contributed by atoms with Gasteiger partial charge in [0.05, 0.1) is 11.7 Å². The Bertz CT molecular complexity index is 991. The molecule has 0 N–H and O–H groups in total. The van der Waals surface area contributed by atoms with Gasteiger partial charge in [0.1, 0.15) is 18.9 Å². The Morgan fingerprint density at radius 2 is 1.62 bits per heavy atom. The van der Waals surface area contributed by atoms with E-state index in [0.717, 1.165) is 10.5 Å². The molecule has 0 aromatic heterocycles. The van der Waals surface area contributed by atoms with Crippen LogP contribution < -0.4 is 9.64 Å². The van der Waals surface area contributed by atoms with Crippen molar-refractivity contribution in [3.63, 3.8) is 0 Å². The number of anilines is 1. The number of rotatable bonds is 4. The minimum Gasteiger partial charge on any atom is -0.489 e. The van der Waals surface area contributed by atoms with Crippen LogP contribution in [0, 0.1) is 0 Å². The Hall–Kier alpha value is -3.68. The highest BCUT2D eigenvalue weighted by atomic mass is 16.5. The molecule has 1 fully saturated rings. The highest BCUT2D eigenvalue weighted by Crippen LogP contribution is 2.39. The first-order chi connectivity index (χ1) is 14.0. The van der Waals surface area contributed by atoms with Gasteiger partial charge in [0.2, 0.25) is 5.91 Å². The molecule has 2 aromatic rings. The Labute approximate surface area is 167 Å². The topological polar surface area (TPSA) is 87.2 Å². The number of nitrogens with zero attached hydrogens (tertiary/aromatic N) is 3.